The minimum Gasteiger partial charge on any atom is -0.361 e. The van der Waals surface area contributed by atoms with Gasteiger partial charge in [0.1, 0.15) is 4.32 Å². The Morgan fingerprint density at radius 1 is 1.50 bits per heavy atom. The van der Waals surface area contributed by atoms with E-state index in [1.807, 2.05) is 37.4 Å². The topological polar surface area (TPSA) is 36.1 Å². The van der Waals surface area contributed by atoms with Crippen LogP contribution in [0.5, 0.6) is 0 Å². The smallest absolute Gasteiger partial charge is 0.266 e. The van der Waals surface area contributed by atoms with Gasteiger partial charge in [-0.3, -0.25) is 9.69 Å². The SMILES string of the molecule is CCN1C(=O)/C(=C/c2c[nH]c3ccc(Br)cc23)SC1=S. The van der Waals surface area contributed by atoms with Gasteiger partial charge in [0.25, 0.3) is 5.91 Å². The number of aromatic amines is 1. The van der Waals surface area contributed by atoms with Crippen molar-refractivity contribution in [2.75, 3.05) is 6.54 Å². The molecule has 1 amide bonds. The molecule has 1 N–H and O–H groups in total. The molecule has 1 aromatic heterocycles. The molecule has 2 heterocycles. The van der Waals surface area contributed by atoms with Gasteiger partial charge in [0.15, 0.2) is 0 Å². The Kier molecular flexibility index (Phi) is 3.70. The number of benzene rings is 1. The standard InChI is InChI=1S/C14H11BrN2OS2/c1-2-17-13(18)12(20-14(17)19)5-8-7-16-11-4-3-9(15)6-10(8)11/h3-7,16H,2H2,1H3/b12-5-. The van der Waals surface area contributed by atoms with Crippen LogP contribution in [0, 0.1) is 0 Å². The molecule has 0 atom stereocenters. The number of hydrogen-bond donors (Lipinski definition) is 1. The van der Waals surface area contributed by atoms with Crippen LogP contribution < -0.4 is 0 Å². The van der Waals surface area contributed by atoms with Crippen LogP contribution in [0.25, 0.3) is 17.0 Å². The van der Waals surface area contributed by atoms with Crippen LogP contribution in [-0.4, -0.2) is 26.7 Å². The molecule has 0 aliphatic carbocycles. The summed E-state index contributed by atoms with van der Waals surface area (Å²) in [6, 6.07) is 6.03. The van der Waals surface area contributed by atoms with Crippen molar-refractivity contribution in [1.29, 1.82) is 0 Å². The summed E-state index contributed by atoms with van der Waals surface area (Å²) in [5.41, 5.74) is 2.04. The lowest BCUT2D eigenvalue weighted by atomic mass is 10.1. The molecule has 2 aromatic rings. The number of carbonyl (C=O) groups is 1. The molecule has 3 rings (SSSR count). The van der Waals surface area contributed by atoms with Crippen molar-refractivity contribution < 1.29 is 4.79 Å². The average molecular weight is 367 g/mol. The van der Waals surface area contributed by atoms with E-state index in [0.717, 1.165) is 20.9 Å². The Morgan fingerprint density at radius 2 is 2.30 bits per heavy atom. The van der Waals surface area contributed by atoms with Crippen LogP contribution in [0.2, 0.25) is 0 Å². The fourth-order valence-electron chi connectivity index (χ4n) is 2.15. The van der Waals surface area contributed by atoms with E-state index in [-0.39, 0.29) is 5.91 Å². The summed E-state index contributed by atoms with van der Waals surface area (Å²) >= 11 is 10.0. The number of thioether (sulfide) groups is 1. The highest BCUT2D eigenvalue weighted by molar-refractivity contribution is 9.10. The van der Waals surface area contributed by atoms with Crippen molar-refractivity contribution in [2.45, 2.75) is 6.92 Å². The zero-order valence-electron chi connectivity index (χ0n) is 10.6. The Morgan fingerprint density at radius 3 is 3.00 bits per heavy atom. The zero-order valence-corrected chi connectivity index (χ0v) is 13.9. The third-order valence-electron chi connectivity index (χ3n) is 3.15. The molecule has 0 saturated carbocycles. The van der Waals surface area contributed by atoms with Crippen LogP contribution in [0.4, 0.5) is 0 Å². The third kappa shape index (κ3) is 2.32. The highest BCUT2D eigenvalue weighted by atomic mass is 79.9. The van der Waals surface area contributed by atoms with E-state index >= 15 is 0 Å². The van der Waals surface area contributed by atoms with Gasteiger partial charge < -0.3 is 4.98 Å². The molecule has 0 spiro atoms. The Bertz CT molecular complexity index is 751. The average Bonchev–Trinajstić information content (AvgIpc) is 2.92. The monoisotopic (exact) mass is 366 g/mol. The fraction of sp³-hybridized carbons (Fsp3) is 0.143. The summed E-state index contributed by atoms with van der Waals surface area (Å²) in [4.78, 5) is 17.7. The van der Waals surface area contributed by atoms with E-state index in [1.54, 1.807) is 4.90 Å². The number of nitrogens with zero attached hydrogens (tertiary/aromatic N) is 1. The molecule has 1 aromatic carbocycles. The molecular weight excluding hydrogens is 356 g/mol. The Labute approximate surface area is 134 Å². The first-order chi connectivity index (χ1) is 9.60. The van der Waals surface area contributed by atoms with Crippen LogP contribution in [0.1, 0.15) is 12.5 Å². The van der Waals surface area contributed by atoms with Gasteiger partial charge in [-0.15, -0.1) is 0 Å². The van der Waals surface area contributed by atoms with Crippen LogP contribution in [-0.2, 0) is 4.79 Å². The quantitative estimate of drug-likeness (QED) is 0.640. The summed E-state index contributed by atoms with van der Waals surface area (Å²) in [6.45, 7) is 2.54. The van der Waals surface area contributed by atoms with Gasteiger partial charge in [-0.1, -0.05) is 39.9 Å². The second-order valence-corrected chi connectivity index (χ2v) is 6.95. The molecule has 0 unspecified atom stereocenters. The number of rotatable bonds is 2. The van der Waals surface area contributed by atoms with Gasteiger partial charge in [-0.2, -0.15) is 0 Å². The van der Waals surface area contributed by atoms with Crippen LogP contribution >= 0.6 is 39.9 Å². The maximum Gasteiger partial charge on any atom is 0.266 e. The van der Waals surface area contributed by atoms with Crippen LogP contribution in [0.15, 0.2) is 33.8 Å². The Hall–Kier alpha value is -1.11. The first-order valence-electron chi connectivity index (χ1n) is 6.12. The molecule has 102 valence electrons. The number of halogens is 1. The van der Waals surface area contributed by atoms with Gasteiger partial charge >= 0.3 is 0 Å². The van der Waals surface area contributed by atoms with Crippen molar-refractivity contribution in [1.82, 2.24) is 9.88 Å². The fourth-order valence-corrected chi connectivity index (χ4v) is 3.88. The minimum absolute atomic E-state index is 0.00755. The third-order valence-corrected chi connectivity index (χ3v) is 5.02. The number of hydrogen-bond acceptors (Lipinski definition) is 3. The molecule has 3 nitrogen and oxygen atoms in total. The molecule has 0 radical (unpaired) electrons. The van der Waals surface area contributed by atoms with E-state index in [2.05, 4.69) is 20.9 Å². The van der Waals surface area contributed by atoms with Crippen molar-refractivity contribution in [3.63, 3.8) is 0 Å². The normalized spacial score (nSPS) is 17.7. The van der Waals surface area contributed by atoms with Crippen molar-refractivity contribution >= 4 is 67.1 Å². The van der Waals surface area contributed by atoms with Gasteiger partial charge in [-0.05, 0) is 31.2 Å². The molecular formula is C14H11BrN2OS2. The van der Waals surface area contributed by atoms with Gasteiger partial charge in [0.2, 0.25) is 0 Å². The first kappa shape index (κ1) is 13.9. The number of nitrogens with one attached hydrogen (secondary N) is 1. The lowest BCUT2D eigenvalue weighted by Crippen LogP contribution is -2.27. The van der Waals surface area contributed by atoms with E-state index in [4.69, 9.17) is 12.2 Å². The largest absolute Gasteiger partial charge is 0.361 e. The van der Waals surface area contributed by atoms with E-state index in [9.17, 15) is 4.79 Å². The van der Waals surface area contributed by atoms with Gasteiger partial charge in [-0.25, -0.2) is 0 Å². The highest BCUT2D eigenvalue weighted by Gasteiger charge is 2.30. The molecule has 20 heavy (non-hydrogen) atoms. The Balaban J connectivity index is 2.05. The number of amides is 1. The summed E-state index contributed by atoms with van der Waals surface area (Å²) in [6.07, 6.45) is 3.82. The molecule has 6 heteroatoms. The van der Waals surface area contributed by atoms with Crippen LogP contribution in [0.3, 0.4) is 0 Å². The maximum absolute atomic E-state index is 12.2. The minimum atomic E-state index is -0.00755. The lowest BCUT2D eigenvalue weighted by Gasteiger charge is -2.09. The number of thiocarbonyl (C=S) groups is 1. The van der Waals surface area contributed by atoms with Crippen molar-refractivity contribution in [3.05, 3.63) is 39.3 Å². The number of likely N-dealkylation sites (N-methyl/N-ethyl adjacent to an activating group) is 1. The lowest BCUT2D eigenvalue weighted by molar-refractivity contribution is -0.121. The van der Waals surface area contributed by atoms with E-state index in [0.29, 0.717) is 15.8 Å². The van der Waals surface area contributed by atoms with Crippen molar-refractivity contribution in [3.8, 4) is 0 Å². The van der Waals surface area contributed by atoms with Gasteiger partial charge in [0, 0.05) is 33.7 Å². The molecule has 1 aliphatic rings. The van der Waals surface area contributed by atoms with E-state index < -0.39 is 0 Å². The molecule has 1 saturated heterocycles. The predicted octanol–water partition coefficient (Wildman–Crippen LogP) is 4.15. The number of H-pyrrole nitrogens is 1. The summed E-state index contributed by atoms with van der Waals surface area (Å²) in [7, 11) is 0. The highest BCUT2D eigenvalue weighted by Crippen LogP contribution is 2.34. The summed E-state index contributed by atoms with van der Waals surface area (Å²) in [5.74, 6) is -0.00755. The number of fused-ring (bicyclic) bond motifs is 1. The van der Waals surface area contributed by atoms with Crippen molar-refractivity contribution in [2.24, 2.45) is 0 Å². The molecule has 1 aliphatic heterocycles. The second kappa shape index (κ2) is 5.35. The zero-order chi connectivity index (χ0) is 14.3. The van der Waals surface area contributed by atoms with Gasteiger partial charge in [0.05, 0.1) is 4.91 Å². The maximum atomic E-state index is 12.2. The first-order valence-corrected chi connectivity index (χ1v) is 8.14. The summed E-state index contributed by atoms with van der Waals surface area (Å²) in [5, 5.41) is 1.08. The van der Waals surface area contributed by atoms with E-state index in [1.165, 1.54) is 11.8 Å². The second-order valence-electron chi connectivity index (χ2n) is 4.36. The summed E-state index contributed by atoms with van der Waals surface area (Å²) < 4.78 is 1.64. The molecule has 1 fully saturated rings. The molecule has 0 bridgehead atoms. The number of carbonyl (C=O) groups excluding carboxylic acids is 1. The predicted molar refractivity (Wildman–Crippen MR) is 91.6 cm³/mol. The number of aromatic nitrogens is 1.